The van der Waals surface area contributed by atoms with Gasteiger partial charge in [-0.2, -0.15) is 0 Å². The van der Waals surface area contributed by atoms with Crippen molar-refractivity contribution in [3.63, 3.8) is 0 Å². The van der Waals surface area contributed by atoms with Crippen molar-refractivity contribution < 1.29 is 9.53 Å². The minimum absolute atomic E-state index is 0.0606. The third-order valence-corrected chi connectivity index (χ3v) is 2.77. The van der Waals surface area contributed by atoms with E-state index in [2.05, 4.69) is 0 Å². The fourth-order valence-corrected chi connectivity index (χ4v) is 2.05. The minimum atomic E-state index is -0.487. The number of nitrogens with two attached hydrogens (primary N) is 1. The molecule has 0 fully saturated rings. The van der Waals surface area contributed by atoms with Crippen molar-refractivity contribution in [3.05, 3.63) is 29.3 Å². The molecule has 1 aliphatic heterocycles. The van der Waals surface area contributed by atoms with Crippen molar-refractivity contribution in [2.45, 2.75) is 38.8 Å². The number of Topliss-reactive ketones (excluding diaryl/α,β-unsaturated/α-hetero) is 1. The summed E-state index contributed by atoms with van der Waals surface area (Å²) in [6, 6.07) is 5.19. The lowest BCUT2D eigenvalue weighted by Crippen LogP contribution is -2.28. The summed E-state index contributed by atoms with van der Waals surface area (Å²) >= 11 is 0. The van der Waals surface area contributed by atoms with Gasteiger partial charge < -0.3 is 10.5 Å². The summed E-state index contributed by atoms with van der Waals surface area (Å²) in [5, 5.41) is 0. The highest BCUT2D eigenvalue weighted by Gasteiger charge is 2.33. The standard InChI is InChI=1S/C13H17NO2/c1-8(14)11(15)10-6-4-5-9-7-13(2,3)16-12(9)10/h4-6,8H,7,14H2,1-3H3. The van der Waals surface area contributed by atoms with Crippen LogP contribution in [0.15, 0.2) is 18.2 Å². The van der Waals surface area contributed by atoms with E-state index in [9.17, 15) is 4.79 Å². The normalized spacial score (nSPS) is 18.8. The fraction of sp³-hybridized carbons (Fsp3) is 0.462. The Hall–Kier alpha value is -1.35. The molecule has 1 aromatic carbocycles. The Morgan fingerprint density at radius 3 is 2.81 bits per heavy atom. The maximum Gasteiger partial charge on any atom is 0.182 e. The van der Waals surface area contributed by atoms with E-state index in [1.807, 2.05) is 26.0 Å². The Kier molecular flexibility index (Phi) is 2.50. The zero-order chi connectivity index (χ0) is 11.9. The molecule has 0 radical (unpaired) electrons. The van der Waals surface area contributed by atoms with Gasteiger partial charge in [0.2, 0.25) is 0 Å². The van der Waals surface area contributed by atoms with Crippen LogP contribution < -0.4 is 10.5 Å². The van der Waals surface area contributed by atoms with Gasteiger partial charge in [0, 0.05) is 6.42 Å². The molecule has 2 rings (SSSR count). The number of carbonyl (C=O) groups is 1. The van der Waals surface area contributed by atoms with Crippen molar-refractivity contribution in [2.75, 3.05) is 0 Å². The molecule has 0 bridgehead atoms. The van der Waals surface area contributed by atoms with Crippen LogP contribution >= 0.6 is 0 Å². The Labute approximate surface area is 95.6 Å². The predicted octanol–water partition coefficient (Wildman–Crippen LogP) is 1.93. The third-order valence-electron chi connectivity index (χ3n) is 2.77. The van der Waals surface area contributed by atoms with Crippen LogP contribution in [0.4, 0.5) is 0 Å². The molecule has 16 heavy (non-hydrogen) atoms. The van der Waals surface area contributed by atoms with Crippen molar-refractivity contribution in [1.82, 2.24) is 0 Å². The van der Waals surface area contributed by atoms with Gasteiger partial charge in [-0.25, -0.2) is 0 Å². The first-order valence-corrected chi connectivity index (χ1v) is 5.51. The maximum atomic E-state index is 11.9. The Bertz CT molecular complexity index is 436. The monoisotopic (exact) mass is 219 g/mol. The van der Waals surface area contributed by atoms with Crippen LogP contribution in [-0.4, -0.2) is 17.4 Å². The first-order valence-electron chi connectivity index (χ1n) is 5.51. The number of para-hydroxylation sites is 1. The number of ether oxygens (including phenoxy) is 1. The number of ketones is 1. The first kappa shape index (κ1) is 11.1. The van der Waals surface area contributed by atoms with Crippen LogP contribution in [0.25, 0.3) is 0 Å². The lowest BCUT2D eigenvalue weighted by Gasteiger charge is -2.18. The van der Waals surface area contributed by atoms with Gasteiger partial charge in [-0.15, -0.1) is 0 Å². The van der Waals surface area contributed by atoms with Gasteiger partial charge in [-0.05, 0) is 32.4 Å². The average Bonchev–Trinajstić information content (AvgIpc) is 2.49. The van der Waals surface area contributed by atoms with Gasteiger partial charge in [-0.1, -0.05) is 12.1 Å². The summed E-state index contributed by atoms with van der Waals surface area (Å²) in [7, 11) is 0. The molecule has 1 aromatic rings. The highest BCUT2D eigenvalue weighted by atomic mass is 16.5. The average molecular weight is 219 g/mol. The zero-order valence-electron chi connectivity index (χ0n) is 9.91. The molecule has 0 amide bonds. The molecule has 0 saturated carbocycles. The van der Waals surface area contributed by atoms with Crippen molar-refractivity contribution >= 4 is 5.78 Å². The molecule has 1 unspecified atom stereocenters. The maximum absolute atomic E-state index is 11.9. The van der Waals surface area contributed by atoms with Gasteiger partial charge in [-0.3, -0.25) is 4.79 Å². The molecule has 1 heterocycles. The Morgan fingerprint density at radius 1 is 1.50 bits per heavy atom. The largest absolute Gasteiger partial charge is 0.486 e. The van der Waals surface area contributed by atoms with Crippen LogP contribution in [0.5, 0.6) is 5.75 Å². The first-order chi connectivity index (χ1) is 7.41. The zero-order valence-corrected chi connectivity index (χ0v) is 9.91. The summed E-state index contributed by atoms with van der Waals surface area (Å²) in [5.41, 5.74) is 7.10. The van der Waals surface area contributed by atoms with E-state index in [0.29, 0.717) is 5.56 Å². The molecular weight excluding hydrogens is 202 g/mol. The summed E-state index contributed by atoms with van der Waals surface area (Å²) in [6.45, 7) is 5.74. The molecular formula is C13H17NO2. The van der Waals surface area contributed by atoms with Crippen molar-refractivity contribution in [1.29, 1.82) is 0 Å². The van der Waals surface area contributed by atoms with Crippen LogP contribution in [0.1, 0.15) is 36.7 Å². The lowest BCUT2D eigenvalue weighted by molar-refractivity contribution is 0.0953. The van der Waals surface area contributed by atoms with Crippen molar-refractivity contribution in [3.8, 4) is 5.75 Å². The second kappa shape index (κ2) is 3.59. The molecule has 86 valence electrons. The number of carbonyl (C=O) groups excluding carboxylic acids is 1. The van der Waals surface area contributed by atoms with Gasteiger partial charge in [0.15, 0.2) is 5.78 Å². The minimum Gasteiger partial charge on any atom is -0.486 e. The molecule has 0 spiro atoms. The number of hydrogen-bond acceptors (Lipinski definition) is 3. The van der Waals surface area contributed by atoms with Gasteiger partial charge in [0.25, 0.3) is 0 Å². The molecule has 0 aliphatic carbocycles. The van der Waals surface area contributed by atoms with Gasteiger partial charge >= 0.3 is 0 Å². The molecule has 0 saturated heterocycles. The quantitative estimate of drug-likeness (QED) is 0.773. The van der Waals surface area contributed by atoms with E-state index in [1.54, 1.807) is 13.0 Å². The topological polar surface area (TPSA) is 52.3 Å². The molecule has 0 aromatic heterocycles. The lowest BCUT2D eigenvalue weighted by atomic mass is 9.98. The number of fused-ring (bicyclic) bond motifs is 1. The number of benzene rings is 1. The van der Waals surface area contributed by atoms with Gasteiger partial charge in [0.05, 0.1) is 11.6 Å². The van der Waals surface area contributed by atoms with Crippen LogP contribution in [-0.2, 0) is 6.42 Å². The van der Waals surface area contributed by atoms with E-state index < -0.39 is 6.04 Å². The summed E-state index contributed by atoms with van der Waals surface area (Å²) in [5.74, 6) is 0.657. The molecule has 2 N–H and O–H groups in total. The molecule has 1 atom stereocenters. The second-order valence-electron chi connectivity index (χ2n) is 4.99. The van der Waals surface area contributed by atoms with E-state index in [-0.39, 0.29) is 11.4 Å². The van der Waals surface area contributed by atoms with Crippen LogP contribution in [0.2, 0.25) is 0 Å². The number of hydrogen-bond donors (Lipinski definition) is 1. The summed E-state index contributed by atoms with van der Waals surface area (Å²) in [4.78, 5) is 11.9. The molecule has 3 heteroatoms. The van der Waals surface area contributed by atoms with Crippen LogP contribution in [0.3, 0.4) is 0 Å². The SMILES string of the molecule is CC(N)C(=O)c1cccc2c1OC(C)(C)C2. The third kappa shape index (κ3) is 1.83. The van der Waals surface area contributed by atoms with Gasteiger partial charge in [0.1, 0.15) is 11.4 Å². The second-order valence-corrected chi connectivity index (χ2v) is 4.99. The predicted molar refractivity (Wildman–Crippen MR) is 62.8 cm³/mol. The highest BCUT2D eigenvalue weighted by Crippen LogP contribution is 2.37. The van der Waals surface area contributed by atoms with E-state index in [4.69, 9.17) is 10.5 Å². The number of rotatable bonds is 2. The van der Waals surface area contributed by atoms with Crippen molar-refractivity contribution in [2.24, 2.45) is 5.73 Å². The molecule has 3 nitrogen and oxygen atoms in total. The summed E-state index contributed by atoms with van der Waals surface area (Å²) in [6.07, 6.45) is 0.836. The Balaban J connectivity index is 2.45. The van der Waals surface area contributed by atoms with E-state index in [0.717, 1.165) is 17.7 Å². The van der Waals surface area contributed by atoms with Crippen LogP contribution in [0, 0.1) is 0 Å². The smallest absolute Gasteiger partial charge is 0.182 e. The fourth-order valence-electron chi connectivity index (χ4n) is 2.05. The van der Waals surface area contributed by atoms with E-state index in [1.165, 1.54) is 0 Å². The molecule has 1 aliphatic rings. The highest BCUT2D eigenvalue weighted by molar-refractivity contribution is 6.02. The Morgan fingerprint density at radius 2 is 2.19 bits per heavy atom. The summed E-state index contributed by atoms with van der Waals surface area (Å²) < 4.78 is 5.82. The van der Waals surface area contributed by atoms with E-state index >= 15 is 0 Å².